The van der Waals surface area contributed by atoms with Gasteiger partial charge in [-0.15, -0.1) is 0 Å². The lowest BCUT2D eigenvalue weighted by atomic mass is 10.1. The van der Waals surface area contributed by atoms with E-state index >= 15 is 0 Å². The second kappa shape index (κ2) is 7.67. The minimum Gasteiger partial charge on any atom is -0.315 e. The predicted molar refractivity (Wildman–Crippen MR) is 101 cm³/mol. The van der Waals surface area contributed by atoms with Crippen LogP contribution in [0.15, 0.2) is 59.8 Å². The number of nitriles is 1. The van der Waals surface area contributed by atoms with Crippen molar-refractivity contribution in [3.8, 4) is 11.8 Å². The summed E-state index contributed by atoms with van der Waals surface area (Å²) < 4.78 is 15.8. The lowest BCUT2D eigenvalue weighted by Gasteiger charge is -2.11. The van der Waals surface area contributed by atoms with Gasteiger partial charge in [0.05, 0.1) is 29.1 Å². The monoisotopic (exact) mass is 360 g/mol. The van der Waals surface area contributed by atoms with Crippen molar-refractivity contribution in [2.24, 2.45) is 5.10 Å². The van der Waals surface area contributed by atoms with E-state index in [0.29, 0.717) is 0 Å². The van der Waals surface area contributed by atoms with E-state index < -0.39 is 11.7 Å². The number of amides is 1. The van der Waals surface area contributed by atoms with E-state index in [4.69, 9.17) is 5.26 Å². The summed E-state index contributed by atoms with van der Waals surface area (Å²) in [6.07, 6.45) is 3.41. The van der Waals surface area contributed by atoms with E-state index in [1.54, 1.807) is 0 Å². The minimum absolute atomic E-state index is 0.152. The quantitative estimate of drug-likeness (QED) is 0.567. The van der Waals surface area contributed by atoms with Gasteiger partial charge in [0, 0.05) is 11.9 Å². The largest absolute Gasteiger partial charge is 0.315 e. The molecule has 0 unspecified atom stereocenters. The normalized spacial score (nSPS) is 10.7. The molecule has 2 aromatic carbocycles. The van der Waals surface area contributed by atoms with Crippen LogP contribution in [0.4, 0.5) is 4.39 Å². The van der Waals surface area contributed by atoms with Crippen LogP contribution < -0.4 is 5.43 Å². The molecular weight excluding hydrogens is 343 g/mol. The molecule has 0 saturated heterocycles. The number of benzene rings is 2. The van der Waals surface area contributed by atoms with Crippen LogP contribution in [0.1, 0.15) is 32.7 Å². The Morgan fingerprint density at radius 1 is 1.22 bits per heavy atom. The molecule has 1 N–H and O–H groups in total. The Balaban J connectivity index is 1.79. The maximum Gasteiger partial charge on any atom is 0.274 e. The van der Waals surface area contributed by atoms with Crippen molar-refractivity contribution in [2.45, 2.75) is 13.8 Å². The number of aromatic nitrogens is 1. The zero-order chi connectivity index (χ0) is 19.4. The van der Waals surface area contributed by atoms with Gasteiger partial charge in [-0.2, -0.15) is 10.4 Å². The summed E-state index contributed by atoms with van der Waals surface area (Å²) in [5.41, 5.74) is 6.40. The van der Waals surface area contributed by atoms with Gasteiger partial charge in [-0.1, -0.05) is 12.1 Å². The standard InChI is InChI=1S/C21H17FN4O/c1-14-5-3-7-20(15(14)2)26-10-4-6-17(26)13-24-25-21(27)18-9-8-16(12-23)11-19(18)22/h3-11,13H,1-2H3,(H,25,27)/b24-13-. The molecule has 1 heterocycles. The number of hydrogen-bond acceptors (Lipinski definition) is 3. The first-order valence-electron chi connectivity index (χ1n) is 8.28. The highest BCUT2D eigenvalue weighted by atomic mass is 19.1. The van der Waals surface area contributed by atoms with Crippen molar-refractivity contribution in [2.75, 3.05) is 0 Å². The Morgan fingerprint density at radius 3 is 2.78 bits per heavy atom. The summed E-state index contributed by atoms with van der Waals surface area (Å²) >= 11 is 0. The minimum atomic E-state index is -0.763. The van der Waals surface area contributed by atoms with E-state index in [2.05, 4.69) is 10.5 Å². The van der Waals surface area contributed by atoms with Crippen LogP contribution in [0.25, 0.3) is 5.69 Å². The van der Waals surface area contributed by atoms with Crippen LogP contribution in [0.2, 0.25) is 0 Å². The van der Waals surface area contributed by atoms with Gasteiger partial charge in [-0.05, 0) is 61.4 Å². The highest BCUT2D eigenvalue weighted by Gasteiger charge is 2.12. The molecule has 0 saturated carbocycles. The van der Waals surface area contributed by atoms with Gasteiger partial charge < -0.3 is 4.57 Å². The summed E-state index contributed by atoms with van der Waals surface area (Å²) in [6, 6.07) is 15.3. The zero-order valence-corrected chi connectivity index (χ0v) is 14.9. The van der Waals surface area contributed by atoms with E-state index in [1.165, 1.54) is 23.9 Å². The lowest BCUT2D eigenvalue weighted by molar-refractivity contribution is 0.0951. The number of nitrogens with one attached hydrogen (secondary N) is 1. The van der Waals surface area contributed by atoms with Gasteiger partial charge in [0.1, 0.15) is 5.82 Å². The first-order valence-corrected chi connectivity index (χ1v) is 8.28. The van der Waals surface area contributed by atoms with Crippen molar-refractivity contribution in [1.82, 2.24) is 9.99 Å². The third kappa shape index (κ3) is 3.77. The number of halogens is 1. The van der Waals surface area contributed by atoms with Crippen LogP contribution >= 0.6 is 0 Å². The summed E-state index contributed by atoms with van der Waals surface area (Å²) in [6.45, 7) is 4.09. The second-order valence-electron chi connectivity index (χ2n) is 6.03. The fourth-order valence-corrected chi connectivity index (χ4v) is 2.70. The fourth-order valence-electron chi connectivity index (χ4n) is 2.70. The Morgan fingerprint density at radius 2 is 2.04 bits per heavy atom. The van der Waals surface area contributed by atoms with Gasteiger partial charge in [0.2, 0.25) is 0 Å². The molecule has 0 radical (unpaired) electrons. The number of carbonyl (C=O) groups is 1. The molecule has 1 aromatic heterocycles. The molecule has 0 fully saturated rings. The Bertz CT molecular complexity index is 1080. The maximum absolute atomic E-state index is 13.9. The SMILES string of the molecule is Cc1cccc(-n2cccc2/C=N\NC(=O)c2ccc(C#N)cc2F)c1C. The third-order valence-electron chi connectivity index (χ3n) is 4.32. The van der Waals surface area contributed by atoms with Gasteiger partial charge in [0.25, 0.3) is 5.91 Å². The van der Waals surface area contributed by atoms with Crippen LogP contribution in [-0.2, 0) is 0 Å². The average molecular weight is 360 g/mol. The number of hydrogen-bond donors (Lipinski definition) is 1. The molecule has 27 heavy (non-hydrogen) atoms. The zero-order valence-electron chi connectivity index (χ0n) is 14.9. The van der Waals surface area contributed by atoms with Crippen molar-refractivity contribution < 1.29 is 9.18 Å². The van der Waals surface area contributed by atoms with Crippen molar-refractivity contribution in [3.63, 3.8) is 0 Å². The van der Waals surface area contributed by atoms with Crippen molar-refractivity contribution >= 4 is 12.1 Å². The first kappa shape index (κ1) is 18.1. The van der Waals surface area contributed by atoms with Crippen LogP contribution in [0.3, 0.4) is 0 Å². The summed E-state index contributed by atoms with van der Waals surface area (Å²) in [4.78, 5) is 12.1. The molecule has 0 bridgehead atoms. The lowest BCUT2D eigenvalue weighted by Crippen LogP contribution is -2.19. The average Bonchev–Trinajstić information content (AvgIpc) is 3.12. The molecule has 6 heteroatoms. The fraction of sp³-hybridized carbons (Fsp3) is 0.0952. The smallest absolute Gasteiger partial charge is 0.274 e. The molecular formula is C21H17FN4O. The van der Waals surface area contributed by atoms with Gasteiger partial charge in [-0.25, -0.2) is 9.82 Å². The molecule has 0 spiro atoms. The van der Waals surface area contributed by atoms with E-state index in [-0.39, 0.29) is 11.1 Å². The van der Waals surface area contributed by atoms with Gasteiger partial charge in [0.15, 0.2) is 0 Å². The topological polar surface area (TPSA) is 70.2 Å². The molecule has 0 aliphatic carbocycles. The summed E-state index contributed by atoms with van der Waals surface area (Å²) in [5.74, 6) is -1.45. The molecule has 0 aliphatic heterocycles. The summed E-state index contributed by atoms with van der Waals surface area (Å²) in [5, 5.41) is 12.7. The van der Waals surface area contributed by atoms with Crippen LogP contribution in [0, 0.1) is 31.0 Å². The molecule has 0 atom stereocenters. The van der Waals surface area contributed by atoms with E-state index in [1.807, 2.05) is 61.0 Å². The van der Waals surface area contributed by atoms with Crippen molar-refractivity contribution in [1.29, 1.82) is 5.26 Å². The molecule has 5 nitrogen and oxygen atoms in total. The van der Waals surface area contributed by atoms with Gasteiger partial charge in [-0.3, -0.25) is 4.79 Å². The van der Waals surface area contributed by atoms with E-state index in [9.17, 15) is 9.18 Å². The van der Waals surface area contributed by atoms with Crippen molar-refractivity contribution in [3.05, 3.63) is 88.5 Å². The number of rotatable bonds is 4. The Kier molecular flexibility index (Phi) is 5.13. The van der Waals surface area contributed by atoms with Gasteiger partial charge >= 0.3 is 0 Å². The molecule has 3 aromatic rings. The maximum atomic E-state index is 13.9. The van der Waals surface area contributed by atoms with Crippen LogP contribution in [0.5, 0.6) is 0 Å². The third-order valence-corrected chi connectivity index (χ3v) is 4.32. The van der Waals surface area contributed by atoms with Crippen LogP contribution in [-0.4, -0.2) is 16.7 Å². The Hall–Kier alpha value is -3.72. The molecule has 134 valence electrons. The number of nitrogens with zero attached hydrogens (tertiary/aromatic N) is 3. The molecule has 3 rings (SSSR count). The number of aryl methyl sites for hydroxylation is 1. The second-order valence-corrected chi connectivity index (χ2v) is 6.03. The van der Waals surface area contributed by atoms with E-state index in [0.717, 1.165) is 23.0 Å². The number of hydrazone groups is 1. The highest BCUT2D eigenvalue weighted by molar-refractivity contribution is 5.95. The first-order chi connectivity index (χ1) is 13.0. The predicted octanol–water partition coefficient (Wildman–Crippen LogP) is 3.87. The highest BCUT2D eigenvalue weighted by Crippen LogP contribution is 2.19. The Labute approximate surface area is 156 Å². The molecule has 1 amide bonds. The number of carbonyl (C=O) groups excluding carboxylic acids is 1. The molecule has 0 aliphatic rings. The summed E-state index contributed by atoms with van der Waals surface area (Å²) in [7, 11) is 0.